The Balaban J connectivity index is 1.74. The third-order valence-electron chi connectivity index (χ3n) is 3.61. The standard InChI is InChI=1S/C18H16ClN3S/c1-12(15-8-4-6-13-5-2-3-7-16(13)15)21-18(23)22-17-10-9-14(19)11-20-17/h2-12H,1H3,(H2,20,21,22,23)/t12-/m0/s1. The molecule has 3 nitrogen and oxygen atoms in total. The maximum Gasteiger partial charge on any atom is 0.172 e. The van der Waals surface area contributed by atoms with Crippen LogP contribution in [-0.4, -0.2) is 10.1 Å². The number of nitrogens with one attached hydrogen (secondary N) is 2. The summed E-state index contributed by atoms with van der Waals surface area (Å²) in [6.45, 7) is 2.09. The van der Waals surface area contributed by atoms with Gasteiger partial charge in [-0.25, -0.2) is 4.98 Å². The summed E-state index contributed by atoms with van der Waals surface area (Å²) < 4.78 is 0. The molecular weight excluding hydrogens is 326 g/mol. The predicted molar refractivity (Wildman–Crippen MR) is 101 cm³/mol. The predicted octanol–water partition coefficient (Wildman–Crippen LogP) is 4.94. The summed E-state index contributed by atoms with van der Waals surface area (Å²) in [6.07, 6.45) is 1.58. The number of hydrogen-bond donors (Lipinski definition) is 2. The third-order valence-corrected chi connectivity index (χ3v) is 4.05. The van der Waals surface area contributed by atoms with E-state index in [1.165, 1.54) is 16.3 Å². The lowest BCUT2D eigenvalue weighted by Crippen LogP contribution is -2.31. The Morgan fingerprint density at radius 1 is 1.09 bits per heavy atom. The molecule has 0 saturated carbocycles. The average molecular weight is 342 g/mol. The van der Waals surface area contributed by atoms with Gasteiger partial charge in [0.15, 0.2) is 5.11 Å². The fourth-order valence-corrected chi connectivity index (χ4v) is 2.90. The van der Waals surface area contributed by atoms with Crippen LogP contribution >= 0.6 is 23.8 Å². The van der Waals surface area contributed by atoms with E-state index in [1.807, 2.05) is 12.1 Å². The zero-order valence-corrected chi connectivity index (χ0v) is 14.2. The molecule has 23 heavy (non-hydrogen) atoms. The Morgan fingerprint density at radius 3 is 2.65 bits per heavy atom. The fraction of sp³-hybridized carbons (Fsp3) is 0.111. The molecule has 1 atom stereocenters. The molecule has 2 aromatic carbocycles. The van der Waals surface area contributed by atoms with E-state index >= 15 is 0 Å². The highest BCUT2D eigenvalue weighted by atomic mass is 35.5. The third kappa shape index (κ3) is 3.78. The number of fused-ring (bicyclic) bond motifs is 1. The lowest BCUT2D eigenvalue weighted by atomic mass is 10.00. The number of pyridine rings is 1. The Kier molecular flexibility index (Phi) is 4.74. The van der Waals surface area contributed by atoms with Gasteiger partial charge in [-0.15, -0.1) is 0 Å². The Morgan fingerprint density at radius 2 is 1.87 bits per heavy atom. The van der Waals surface area contributed by atoms with Crippen molar-refractivity contribution in [1.29, 1.82) is 0 Å². The number of rotatable bonds is 3. The van der Waals surface area contributed by atoms with Gasteiger partial charge in [0.05, 0.1) is 11.1 Å². The summed E-state index contributed by atoms with van der Waals surface area (Å²) in [7, 11) is 0. The van der Waals surface area contributed by atoms with E-state index in [-0.39, 0.29) is 6.04 Å². The highest BCUT2D eigenvalue weighted by molar-refractivity contribution is 7.80. The minimum atomic E-state index is 0.0772. The number of anilines is 1. The first-order valence-electron chi connectivity index (χ1n) is 7.30. The Hall–Kier alpha value is -2.17. The molecule has 0 unspecified atom stereocenters. The van der Waals surface area contributed by atoms with Crippen LogP contribution < -0.4 is 10.6 Å². The summed E-state index contributed by atoms with van der Waals surface area (Å²) in [6, 6.07) is 18.3. The highest BCUT2D eigenvalue weighted by Gasteiger charge is 2.10. The lowest BCUT2D eigenvalue weighted by molar-refractivity contribution is 0.728. The van der Waals surface area contributed by atoms with Gasteiger partial charge in [-0.2, -0.15) is 0 Å². The van der Waals surface area contributed by atoms with Crippen LogP contribution in [0.1, 0.15) is 18.5 Å². The molecule has 0 aliphatic carbocycles. The minimum Gasteiger partial charge on any atom is -0.356 e. The van der Waals surface area contributed by atoms with Crippen molar-refractivity contribution in [2.45, 2.75) is 13.0 Å². The lowest BCUT2D eigenvalue weighted by Gasteiger charge is -2.18. The van der Waals surface area contributed by atoms with Gasteiger partial charge >= 0.3 is 0 Å². The molecule has 3 aromatic rings. The number of nitrogens with zero attached hydrogens (tertiary/aromatic N) is 1. The first kappa shape index (κ1) is 15.7. The molecule has 0 fully saturated rings. The van der Waals surface area contributed by atoms with Crippen LogP contribution in [0.4, 0.5) is 5.82 Å². The number of aromatic nitrogens is 1. The summed E-state index contributed by atoms with van der Waals surface area (Å²) in [4.78, 5) is 4.18. The van der Waals surface area contributed by atoms with Crippen LogP contribution in [0.15, 0.2) is 60.8 Å². The van der Waals surface area contributed by atoms with Gasteiger partial charge in [0.25, 0.3) is 0 Å². The SMILES string of the molecule is C[C@H](NC(=S)Nc1ccc(Cl)cn1)c1cccc2ccccc12. The summed E-state index contributed by atoms with van der Waals surface area (Å²) in [5.74, 6) is 0.664. The van der Waals surface area contributed by atoms with Gasteiger partial charge in [-0.05, 0) is 47.6 Å². The molecule has 1 heterocycles. The maximum absolute atomic E-state index is 5.83. The molecule has 1 aromatic heterocycles. The highest BCUT2D eigenvalue weighted by Crippen LogP contribution is 2.24. The van der Waals surface area contributed by atoms with Crippen molar-refractivity contribution in [3.05, 3.63) is 71.4 Å². The summed E-state index contributed by atoms with van der Waals surface area (Å²) >= 11 is 11.2. The van der Waals surface area contributed by atoms with Crippen molar-refractivity contribution in [1.82, 2.24) is 10.3 Å². The van der Waals surface area contributed by atoms with E-state index in [9.17, 15) is 0 Å². The monoisotopic (exact) mass is 341 g/mol. The number of halogens is 1. The smallest absolute Gasteiger partial charge is 0.172 e. The zero-order chi connectivity index (χ0) is 16.2. The van der Waals surface area contributed by atoms with Gasteiger partial charge in [-0.1, -0.05) is 54.1 Å². The number of thiocarbonyl (C=S) groups is 1. The van der Waals surface area contributed by atoms with E-state index in [2.05, 4.69) is 52.9 Å². The molecule has 0 radical (unpaired) electrons. The van der Waals surface area contributed by atoms with E-state index < -0.39 is 0 Å². The largest absolute Gasteiger partial charge is 0.356 e. The quantitative estimate of drug-likeness (QED) is 0.662. The zero-order valence-electron chi connectivity index (χ0n) is 12.6. The van der Waals surface area contributed by atoms with Crippen molar-refractivity contribution < 1.29 is 0 Å². The van der Waals surface area contributed by atoms with Crippen molar-refractivity contribution in [3.8, 4) is 0 Å². The van der Waals surface area contributed by atoms with Gasteiger partial charge in [0, 0.05) is 6.20 Å². The van der Waals surface area contributed by atoms with Crippen LogP contribution in [-0.2, 0) is 0 Å². The second-order valence-corrected chi connectivity index (χ2v) is 6.09. The minimum absolute atomic E-state index is 0.0772. The van der Waals surface area contributed by atoms with Gasteiger partial charge < -0.3 is 10.6 Å². The number of benzene rings is 2. The second-order valence-electron chi connectivity index (χ2n) is 5.25. The van der Waals surface area contributed by atoms with Crippen LogP contribution in [0.3, 0.4) is 0 Å². The topological polar surface area (TPSA) is 37.0 Å². The van der Waals surface area contributed by atoms with Gasteiger partial charge in [0.1, 0.15) is 5.82 Å². The summed E-state index contributed by atoms with van der Waals surface area (Å²) in [5, 5.41) is 9.93. The van der Waals surface area contributed by atoms with E-state index in [1.54, 1.807) is 18.3 Å². The average Bonchev–Trinajstić information content (AvgIpc) is 2.56. The molecule has 3 rings (SSSR count). The Bertz CT molecular complexity index is 828. The molecule has 116 valence electrons. The molecule has 5 heteroatoms. The van der Waals surface area contributed by atoms with Crippen LogP contribution in [0.25, 0.3) is 10.8 Å². The second kappa shape index (κ2) is 6.94. The van der Waals surface area contributed by atoms with Crippen LogP contribution in [0.5, 0.6) is 0 Å². The van der Waals surface area contributed by atoms with E-state index in [0.717, 1.165) is 0 Å². The van der Waals surface area contributed by atoms with Crippen molar-refractivity contribution in [2.24, 2.45) is 0 Å². The Labute approximate surface area is 145 Å². The van der Waals surface area contributed by atoms with Crippen molar-refractivity contribution in [3.63, 3.8) is 0 Å². The van der Waals surface area contributed by atoms with Gasteiger partial charge in [0.2, 0.25) is 0 Å². The molecule has 0 spiro atoms. The molecule has 0 amide bonds. The van der Waals surface area contributed by atoms with E-state index in [4.69, 9.17) is 23.8 Å². The van der Waals surface area contributed by atoms with E-state index in [0.29, 0.717) is 16.0 Å². The fourth-order valence-electron chi connectivity index (χ4n) is 2.50. The summed E-state index contributed by atoms with van der Waals surface area (Å²) in [5.41, 5.74) is 1.20. The molecular formula is C18H16ClN3S. The molecule has 0 bridgehead atoms. The van der Waals surface area contributed by atoms with Crippen molar-refractivity contribution in [2.75, 3.05) is 5.32 Å². The van der Waals surface area contributed by atoms with Crippen LogP contribution in [0, 0.1) is 0 Å². The first-order valence-corrected chi connectivity index (χ1v) is 8.09. The number of hydrogen-bond acceptors (Lipinski definition) is 2. The first-order chi connectivity index (χ1) is 11.1. The molecule has 2 N–H and O–H groups in total. The molecule has 0 aliphatic heterocycles. The van der Waals surface area contributed by atoms with Crippen molar-refractivity contribution >= 4 is 45.5 Å². The molecule has 0 aliphatic rings. The normalized spacial score (nSPS) is 11.9. The van der Waals surface area contributed by atoms with Crippen LogP contribution in [0.2, 0.25) is 5.02 Å². The molecule has 0 saturated heterocycles. The van der Waals surface area contributed by atoms with Gasteiger partial charge in [-0.3, -0.25) is 0 Å². The maximum atomic E-state index is 5.83.